The summed E-state index contributed by atoms with van der Waals surface area (Å²) >= 11 is 0. The second-order valence-corrected chi connectivity index (χ2v) is 5.57. The van der Waals surface area contributed by atoms with Crippen molar-refractivity contribution >= 4 is 24.1 Å². The standard InChI is InChI=1S/C17H29NO8/c1-4-7-10-24-15(21)13(14(19)20)18(16(22)25-11-8-5-2)17(23)26-12-9-6-3/h13H,4-12H2,1-3H3,(H,19,20). The summed E-state index contributed by atoms with van der Waals surface area (Å²) in [6.45, 7) is 5.58. The monoisotopic (exact) mass is 375 g/mol. The summed E-state index contributed by atoms with van der Waals surface area (Å²) < 4.78 is 14.6. The van der Waals surface area contributed by atoms with Gasteiger partial charge in [0.05, 0.1) is 19.8 Å². The fourth-order valence-electron chi connectivity index (χ4n) is 1.74. The Morgan fingerprint density at radius 1 is 0.769 bits per heavy atom. The van der Waals surface area contributed by atoms with E-state index in [1.807, 2.05) is 20.8 Å². The summed E-state index contributed by atoms with van der Waals surface area (Å²) in [4.78, 5) is 48.2. The highest BCUT2D eigenvalue weighted by molar-refractivity contribution is 6.05. The van der Waals surface area contributed by atoms with E-state index < -0.39 is 30.2 Å². The lowest BCUT2D eigenvalue weighted by Gasteiger charge is -2.24. The lowest BCUT2D eigenvalue weighted by atomic mass is 10.2. The van der Waals surface area contributed by atoms with E-state index in [0.29, 0.717) is 19.3 Å². The van der Waals surface area contributed by atoms with E-state index in [-0.39, 0.29) is 24.7 Å². The molecule has 0 bridgehead atoms. The van der Waals surface area contributed by atoms with E-state index in [1.54, 1.807) is 0 Å². The first-order valence-corrected chi connectivity index (χ1v) is 8.92. The number of esters is 1. The molecule has 0 aliphatic heterocycles. The van der Waals surface area contributed by atoms with Gasteiger partial charge in [0, 0.05) is 0 Å². The van der Waals surface area contributed by atoms with Crippen LogP contribution in [0.2, 0.25) is 0 Å². The van der Waals surface area contributed by atoms with E-state index in [1.165, 1.54) is 0 Å². The van der Waals surface area contributed by atoms with Crippen LogP contribution in [0.4, 0.5) is 9.59 Å². The molecule has 0 aromatic carbocycles. The number of rotatable bonds is 12. The summed E-state index contributed by atoms with van der Waals surface area (Å²) in [7, 11) is 0. The number of imide groups is 1. The molecule has 0 aromatic rings. The van der Waals surface area contributed by atoms with Crippen molar-refractivity contribution < 1.29 is 38.5 Å². The van der Waals surface area contributed by atoms with Crippen molar-refractivity contribution in [2.24, 2.45) is 0 Å². The van der Waals surface area contributed by atoms with E-state index in [4.69, 9.17) is 14.2 Å². The van der Waals surface area contributed by atoms with Gasteiger partial charge in [0.2, 0.25) is 6.04 Å². The van der Waals surface area contributed by atoms with Gasteiger partial charge in [-0.15, -0.1) is 0 Å². The molecule has 0 saturated heterocycles. The Morgan fingerprint density at radius 2 is 1.15 bits per heavy atom. The minimum absolute atomic E-state index is 0.00864. The molecule has 0 heterocycles. The lowest BCUT2D eigenvalue weighted by Crippen LogP contribution is -2.53. The number of carbonyl (C=O) groups excluding carboxylic acids is 3. The van der Waals surface area contributed by atoms with Crippen molar-refractivity contribution in [1.82, 2.24) is 4.90 Å². The second kappa shape index (κ2) is 13.9. The highest BCUT2D eigenvalue weighted by atomic mass is 16.6. The van der Waals surface area contributed by atoms with Crippen molar-refractivity contribution in [3.63, 3.8) is 0 Å². The van der Waals surface area contributed by atoms with Gasteiger partial charge in [-0.25, -0.2) is 19.2 Å². The smallest absolute Gasteiger partial charge is 0.420 e. The quantitative estimate of drug-likeness (QED) is 0.239. The van der Waals surface area contributed by atoms with Gasteiger partial charge < -0.3 is 19.3 Å². The van der Waals surface area contributed by atoms with Crippen LogP contribution in [0.25, 0.3) is 0 Å². The first-order valence-electron chi connectivity index (χ1n) is 8.92. The number of unbranched alkanes of at least 4 members (excludes halogenated alkanes) is 3. The molecular formula is C17H29NO8. The van der Waals surface area contributed by atoms with Crippen LogP contribution in [0.5, 0.6) is 0 Å². The molecule has 9 nitrogen and oxygen atoms in total. The summed E-state index contributed by atoms with van der Waals surface area (Å²) in [6, 6.07) is -2.16. The summed E-state index contributed by atoms with van der Waals surface area (Å²) in [5.74, 6) is -2.92. The number of nitrogens with zero attached hydrogens (tertiary/aromatic N) is 1. The van der Waals surface area contributed by atoms with Crippen LogP contribution in [-0.4, -0.2) is 60.0 Å². The molecule has 0 fully saturated rings. The Labute approximate surface area is 153 Å². The molecule has 1 atom stereocenters. The zero-order valence-corrected chi connectivity index (χ0v) is 15.7. The first-order chi connectivity index (χ1) is 12.4. The van der Waals surface area contributed by atoms with Gasteiger partial charge in [0.25, 0.3) is 0 Å². The van der Waals surface area contributed by atoms with Crippen LogP contribution in [0.3, 0.4) is 0 Å². The molecule has 0 rings (SSSR count). The number of amides is 2. The number of hydrogen-bond acceptors (Lipinski definition) is 7. The predicted molar refractivity (Wildman–Crippen MR) is 91.6 cm³/mol. The van der Waals surface area contributed by atoms with Gasteiger partial charge in [-0.3, -0.25) is 0 Å². The Bertz CT molecular complexity index is 444. The van der Waals surface area contributed by atoms with Gasteiger partial charge in [-0.2, -0.15) is 4.90 Å². The van der Waals surface area contributed by atoms with E-state index in [2.05, 4.69) is 0 Å². The Balaban J connectivity index is 5.30. The SMILES string of the molecule is CCCCOC(=O)C(C(=O)O)N(C(=O)OCCCC)C(=O)OCCCC. The maximum atomic E-state index is 12.2. The van der Waals surface area contributed by atoms with Crippen LogP contribution in [0, 0.1) is 0 Å². The van der Waals surface area contributed by atoms with Crippen LogP contribution >= 0.6 is 0 Å². The molecule has 1 unspecified atom stereocenters. The Hall–Kier alpha value is -2.32. The van der Waals surface area contributed by atoms with E-state index in [9.17, 15) is 24.3 Å². The molecule has 0 saturated carbocycles. The summed E-state index contributed by atoms with van der Waals surface area (Å²) in [5, 5.41) is 9.35. The van der Waals surface area contributed by atoms with Gasteiger partial charge in [-0.05, 0) is 19.3 Å². The van der Waals surface area contributed by atoms with E-state index >= 15 is 0 Å². The van der Waals surface area contributed by atoms with Crippen LogP contribution in [0.15, 0.2) is 0 Å². The Kier molecular flexibility index (Phi) is 12.7. The largest absolute Gasteiger partial charge is 0.479 e. The van der Waals surface area contributed by atoms with Crippen molar-refractivity contribution in [1.29, 1.82) is 0 Å². The molecule has 2 amide bonds. The molecule has 0 aromatic heterocycles. The third kappa shape index (κ3) is 8.68. The van der Waals surface area contributed by atoms with Crippen molar-refractivity contribution in [2.75, 3.05) is 19.8 Å². The predicted octanol–water partition coefficient (Wildman–Crippen LogP) is 2.96. The summed E-state index contributed by atoms with van der Waals surface area (Å²) in [5.41, 5.74) is 0. The number of carboxylic acid groups (broad SMARTS) is 1. The zero-order valence-electron chi connectivity index (χ0n) is 15.7. The van der Waals surface area contributed by atoms with Crippen LogP contribution in [-0.2, 0) is 23.8 Å². The van der Waals surface area contributed by atoms with Gasteiger partial charge in [-0.1, -0.05) is 40.0 Å². The number of carboxylic acids is 1. The number of carbonyl (C=O) groups is 4. The molecule has 150 valence electrons. The molecular weight excluding hydrogens is 346 g/mol. The zero-order chi connectivity index (χ0) is 19.9. The average molecular weight is 375 g/mol. The van der Waals surface area contributed by atoms with Gasteiger partial charge in [0.1, 0.15) is 0 Å². The molecule has 0 radical (unpaired) electrons. The average Bonchev–Trinajstić information content (AvgIpc) is 2.59. The molecule has 1 N–H and O–H groups in total. The third-order valence-electron chi connectivity index (χ3n) is 3.30. The van der Waals surface area contributed by atoms with Gasteiger partial charge >= 0.3 is 24.1 Å². The van der Waals surface area contributed by atoms with Crippen LogP contribution < -0.4 is 0 Å². The number of ether oxygens (including phenoxy) is 3. The molecule has 9 heteroatoms. The number of hydrogen-bond donors (Lipinski definition) is 1. The highest BCUT2D eigenvalue weighted by Crippen LogP contribution is 2.10. The highest BCUT2D eigenvalue weighted by Gasteiger charge is 2.43. The fraction of sp³-hybridized carbons (Fsp3) is 0.765. The molecule has 0 spiro atoms. The maximum Gasteiger partial charge on any atom is 0.420 e. The fourth-order valence-corrected chi connectivity index (χ4v) is 1.74. The third-order valence-corrected chi connectivity index (χ3v) is 3.30. The molecule has 0 aliphatic rings. The first kappa shape index (κ1) is 23.7. The minimum Gasteiger partial charge on any atom is -0.479 e. The lowest BCUT2D eigenvalue weighted by molar-refractivity contribution is -0.159. The van der Waals surface area contributed by atoms with Gasteiger partial charge in [0.15, 0.2) is 0 Å². The Morgan fingerprint density at radius 3 is 1.50 bits per heavy atom. The topological polar surface area (TPSA) is 119 Å². The van der Waals surface area contributed by atoms with Crippen LogP contribution in [0.1, 0.15) is 59.3 Å². The molecule has 0 aliphatic carbocycles. The summed E-state index contributed by atoms with van der Waals surface area (Å²) in [6.07, 6.45) is 1.28. The second-order valence-electron chi connectivity index (χ2n) is 5.57. The maximum absolute atomic E-state index is 12.2. The van der Waals surface area contributed by atoms with Crippen molar-refractivity contribution in [3.05, 3.63) is 0 Å². The normalized spacial score (nSPS) is 11.3. The minimum atomic E-state index is -2.16. The van der Waals surface area contributed by atoms with Crippen molar-refractivity contribution in [2.45, 2.75) is 65.3 Å². The van der Waals surface area contributed by atoms with Crippen molar-refractivity contribution in [3.8, 4) is 0 Å². The van der Waals surface area contributed by atoms with E-state index in [0.717, 1.165) is 19.3 Å². The number of aliphatic carboxylic acids is 1. The molecule has 26 heavy (non-hydrogen) atoms.